The molecule has 1 atom stereocenters. The van der Waals surface area contributed by atoms with Gasteiger partial charge in [-0.1, -0.05) is 12.1 Å². The number of hydrogen-bond donors (Lipinski definition) is 1. The molecule has 0 fully saturated rings. The standard InChI is InChI=1S/C11H14N4O2/c1-8(2)14-11(12-7-13-14)9-4-3-5-10(6-9)15(16)17/h3-8,11H,1-2H3,(H,12,13). The molecular formula is C11H14N4O2. The van der Waals surface area contributed by atoms with Gasteiger partial charge in [-0.3, -0.25) is 10.1 Å². The first-order chi connectivity index (χ1) is 8.09. The minimum atomic E-state index is -0.394. The molecule has 1 aliphatic rings. The molecule has 1 unspecified atom stereocenters. The van der Waals surface area contributed by atoms with E-state index in [-0.39, 0.29) is 17.9 Å². The third-order valence-corrected chi connectivity index (χ3v) is 2.62. The number of nitrogens with zero attached hydrogens (tertiary/aromatic N) is 3. The highest BCUT2D eigenvalue weighted by molar-refractivity contribution is 5.57. The second-order valence-electron chi connectivity index (χ2n) is 4.13. The van der Waals surface area contributed by atoms with Gasteiger partial charge in [0.2, 0.25) is 0 Å². The van der Waals surface area contributed by atoms with E-state index in [1.54, 1.807) is 18.5 Å². The fourth-order valence-electron chi connectivity index (χ4n) is 1.79. The van der Waals surface area contributed by atoms with E-state index < -0.39 is 4.92 Å². The van der Waals surface area contributed by atoms with E-state index in [2.05, 4.69) is 10.4 Å². The quantitative estimate of drug-likeness (QED) is 0.640. The van der Waals surface area contributed by atoms with E-state index >= 15 is 0 Å². The molecule has 0 radical (unpaired) electrons. The minimum Gasteiger partial charge on any atom is -0.307 e. The van der Waals surface area contributed by atoms with Crippen molar-refractivity contribution in [1.82, 2.24) is 10.4 Å². The Bertz CT molecular complexity index is 459. The summed E-state index contributed by atoms with van der Waals surface area (Å²) in [4.78, 5) is 14.6. The van der Waals surface area contributed by atoms with Gasteiger partial charge in [0, 0.05) is 18.2 Å². The van der Waals surface area contributed by atoms with Crippen molar-refractivity contribution in [3.05, 3.63) is 39.9 Å². The van der Waals surface area contributed by atoms with E-state index in [1.807, 2.05) is 24.9 Å². The molecule has 6 nitrogen and oxygen atoms in total. The first kappa shape index (κ1) is 11.5. The number of benzene rings is 1. The smallest absolute Gasteiger partial charge is 0.269 e. The lowest BCUT2D eigenvalue weighted by Gasteiger charge is -2.26. The number of nitro benzene ring substituents is 1. The molecule has 6 heteroatoms. The summed E-state index contributed by atoms with van der Waals surface area (Å²) in [7, 11) is 0. The maximum absolute atomic E-state index is 10.7. The molecular weight excluding hydrogens is 220 g/mol. The molecule has 0 aliphatic carbocycles. The summed E-state index contributed by atoms with van der Waals surface area (Å²) in [6, 6.07) is 6.82. The summed E-state index contributed by atoms with van der Waals surface area (Å²) in [5, 5.41) is 12.7. The van der Waals surface area contributed by atoms with Crippen LogP contribution in [0, 0.1) is 10.1 Å². The van der Waals surface area contributed by atoms with Crippen molar-refractivity contribution in [1.29, 1.82) is 0 Å². The Morgan fingerprint density at radius 3 is 2.94 bits per heavy atom. The SMILES string of the molecule is CC(C)N1NC=NC1c1cccc([N+](=O)[O-])c1. The van der Waals surface area contributed by atoms with Gasteiger partial charge in [0.1, 0.15) is 6.17 Å². The monoisotopic (exact) mass is 234 g/mol. The molecule has 1 aliphatic heterocycles. The van der Waals surface area contributed by atoms with Crippen molar-refractivity contribution in [2.45, 2.75) is 26.1 Å². The van der Waals surface area contributed by atoms with Crippen molar-refractivity contribution >= 4 is 12.0 Å². The predicted octanol–water partition coefficient (Wildman–Crippen LogP) is 1.85. The Hall–Kier alpha value is -1.95. The van der Waals surface area contributed by atoms with E-state index in [9.17, 15) is 10.1 Å². The molecule has 90 valence electrons. The molecule has 1 N–H and O–H groups in total. The normalized spacial score (nSPS) is 19.6. The zero-order valence-electron chi connectivity index (χ0n) is 9.70. The van der Waals surface area contributed by atoms with E-state index in [0.717, 1.165) is 5.56 Å². The first-order valence-corrected chi connectivity index (χ1v) is 5.40. The minimum absolute atomic E-state index is 0.0910. The molecule has 0 bridgehead atoms. The number of hydrazine groups is 1. The van der Waals surface area contributed by atoms with Crippen LogP contribution in [0.1, 0.15) is 25.6 Å². The first-order valence-electron chi connectivity index (χ1n) is 5.40. The summed E-state index contributed by atoms with van der Waals surface area (Å²) < 4.78 is 0. The van der Waals surface area contributed by atoms with Gasteiger partial charge in [0.15, 0.2) is 0 Å². The lowest BCUT2D eigenvalue weighted by atomic mass is 10.1. The fraction of sp³-hybridized carbons (Fsp3) is 0.364. The molecule has 0 spiro atoms. The summed E-state index contributed by atoms with van der Waals surface area (Å²) in [5.74, 6) is 0. The highest BCUT2D eigenvalue weighted by Gasteiger charge is 2.26. The van der Waals surface area contributed by atoms with Crippen LogP contribution in [0.4, 0.5) is 5.69 Å². The predicted molar refractivity (Wildman–Crippen MR) is 64.4 cm³/mol. The fourth-order valence-corrected chi connectivity index (χ4v) is 1.79. The molecule has 2 rings (SSSR count). The molecule has 0 amide bonds. The summed E-state index contributed by atoms with van der Waals surface area (Å²) in [6.07, 6.45) is 1.42. The van der Waals surface area contributed by atoms with Crippen LogP contribution in [0.3, 0.4) is 0 Å². The van der Waals surface area contributed by atoms with Gasteiger partial charge in [-0.25, -0.2) is 4.99 Å². The maximum atomic E-state index is 10.7. The maximum Gasteiger partial charge on any atom is 0.269 e. The lowest BCUT2D eigenvalue weighted by Crippen LogP contribution is -2.39. The number of nitro groups is 1. The van der Waals surface area contributed by atoms with Crippen LogP contribution in [-0.2, 0) is 0 Å². The third kappa shape index (κ3) is 2.26. The van der Waals surface area contributed by atoms with Crippen LogP contribution in [0.15, 0.2) is 29.3 Å². The topological polar surface area (TPSA) is 70.8 Å². The van der Waals surface area contributed by atoms with E-state index in [4.69, 9.17) is 0 Å². The van der Waals surface area contributed by atoms with Crippen LogP contribution < -0.4 is 5.43 Å². The summed E-state index contributed by atoms with van der Waals surface area (Å²) >= 11 is 0. The lowest BCUT2D eigenvalue weighted by molar-refractivity contribution is -0.385. The Morgan fingerprint density at radius 2 is 2.29 bits per heavy atom. The van der Waals surface area contributed by atoms with Gasteiger partial charge in [-0.2, -0.15) is 5.01 Å². The molecule has 17 heavy (non-hydrogen) atoms. The van der Waals surface area contributed by atoms with Crippen molar-refractivity contribution < 1.29 is 4.92 Å². The van der Waals surface area contributed by atoms with Crippen LogP contribution >= 0.6 is 0 Å². The third-order valence-electron chi connectivity index (χ3n) is 2.62. The van der Waals surface area contributed by atoms with Gasteiger partial charge >= 0.3 is 0 Å². The number of non-ortho nitro benzene ring substituents is 1. The van der Waals surface area contributed by atoms with Gasteiger partial charge in [-0.15, -0.1) is 0 Å². The van der Waals surface area contributed by atoms with Gasteiger partial charge < -0.3 is 5.43 Å². The van der Waals surface area contributed by atoms with Gasteiger partial charge in [-0.05, 0) is 19.4 Å². The Kier molecular flexibility index (Phi) is 3.06. The second-order valence-corrected chi connectivity index (χ2v) is 4.13. The number of rotatable bonds is 3. The van der Waals surface area contributed by atoms with Crippen LogP contribution in [-0.4, -0.2) is 22.3 Å². The molecule has 1 aromatic carbocycles. The largest absolute Gasteiger partial charge is 0.307 e. The van der Waals surface area contributed by atoms with Crippen molar-refractivity contribution in [2.24, 2.45) is 4.99 Å². The number of aliphatic imine (C=N–C) groups is 1. The summed E-state index contributed by atoms with van der Waals surface area (Å²) in [6.45, 7) is 4.07. The number of hydrogen-bond acceptors (Lipinski definition) is 5. The van der Waals surface area contributed by atoms with E-state index in [1.165, 1.54) is 6.07 Å². The Balaban J connectivity index is 2.30. The van der Waals surface area contributed by atoms with Crippen molar-refractivity contribution in [3.63, 3.8) is 0 Å². The van der Waals surface area contributed by atoms with Crippen LogP contribution in [0.5, 0.6) is 0 Å². The molecule has 1 aromatic rings. The van der Waals surface area contributed by atoms with Crippen LogP contribution in [0.25, 0.3) is 0 Å². The average Bonchev–Trinajstić information content (AvgIpc) is 2.78. The average molecular weight is 234 g/mol. The Labute approximate surface area is 99.1 Å². The Morgan fingerprint density at radius 1 is 1.53 bits per heavy atom. The van der Waals surface area contributed by atoms with Crippen molar-refractivity contribution in [3.8, 4) is 0 Å². The zero-order valence-corrected chi connectivity index (χ0v) is 9.70. The van der Waals surface area contributed by atoms with Crippen molar-refractivity contribution in [2.75, 3.05) is 0 Å². The number of nitrogens with one attached hydrogen (secondary N) is 1. The molecule has 0 saturated carbocycles. The highest BCUT2D eigenvalue weighted by Crippen LogP contribution is 2.27. The van der Waals surface area contributed by atoms with Gasteiger partial charge in [0.05, 0.1) is 11.3 Å². The van der Waals surface area contributed by atoms with E-state index in [0.29, 0.717) is 0 Å². The molecule has 0 aromatic heterocycles. The zero-order chi connectivity index (χ0) is 12.4. The second kappa shape index (κ2) is 4.50. The molecule has 1 heterocycles. The molecule has 0 saturated heterocycles. The van der Waals surface area contributed by atoms with Crippen LogP contribution in [0.2, 0.25) is 0 Å². The van der Waals surface area contributed by atoms with Gasteiger partial charge in [0.25, 0.3) is 5.69 Å². The summed E-state index contributed by atoms with van der Waals surface area (Å²) in [5.41, 5.74) is 3.93. The highest BCUT2D eigenvalue weighted by atomic mass is 16.6.